The second-order valence-corrected chi connectivity index (χ2v) is 6.52. The first-order valence-electron chi connectivity index (χ1n) is 7.64. The highest BCUT2D eigenvalue weighted by Crippen LogP contribution is 2.36. The van der Waals surface area contributed by atoms with Crippen LogP contribution in [-0.4, -0.2) is 30.8 Å². The molecule has 1 heterocycles. The van der Waals surface area contributed by atoms with E-state index in [9.17, 15) is 4.79 Å². The number of nitrogens with one attached hydrogen (secondary N) is 1. The van der Waals surface area contributed by atoms with E-state index in [0.717, 1.165) is 23.5 Å². The molecule has 0 aromatic heterocycles. The van der Waals surface area contributed by atoms with Crippen molar-refractivity contribution in [3.8, 4) is 11.5 Å². The minimum absolute atomic E-state index is 0.187. The van der Waals surface area contributed by atoms with E-state index in [2.05, 4.69) is 12.2 Å². The number of fused-ring (bicyclic) bond motifs is 1. The van der Waals surface area contributed by atoms with Gasteiger partial charge in [-0.2, -0.15) is 0 Å². The average Bonchev–Trinajstić information content (AvgIpc) is 2.83. The van der Waals surface area contributed by atoms with Gasteiger partial charge < -0.3 is 19.9 Å². The molecule has 1 atom stereocenters. The lowest BCUT2D eigenvalue weighted by atomic mass is 9.90. The zero-order chi connectivity index (χ0) is 16.3. The summed E-state index contributed by atoms with van der Waals surface area (Å²) in [6, 6.07) is 4.00. The smallest absolute Gasteiger partial charge is 0.309 e. The van der Waals surface area contributed by atoms with Crippen LogP contribution in [0, 0.1) is 5.41 Å². The number of carboxylic acid groups (broad SMARTS) is 1. The van der Waals surface area contributed by atoms with Crippen LogP contribution in [-0.2, 0) is 17.8 Å². The molecule has 1 unspecified atom stereocenters. The van der Waals surface area contributed by atoms with E-state index in [1.54, 1.807) is 21.0 Å². The van der Waals surface area contributed by atoms with Crippen molar-refractivity contribution in [2.45, 2.75) is 46.3 Å². The number of benzene rings is 1. The van der Waals surface area contributed by atoms with Crippen LogP contribution in [0.15, 0.2) is 12.1 Å². The summed E-state index contributed by atoms with van der Waals surface area (Å²) in [5.41, 5.74) is 1.52. The molecule has 0 aliphatic carbocycles. The maximum atomic E-state index is 11.1. The Morgan fingerprint density at radius 1 is 1.50 bits per heavy atom. The lowest BCUT2D eigenvalue weighted by molar-refractivity contribution is -0.147. The molecule has 0 amide bonds. The van der Waals surface area contributed by atoms with Crippen LogP contribution in [0.5, 0.6) is 11.5 Å². The first kappa shape index (κ1) is 16.6. The molecular weight excluding hydrogens is 282 g/mol. The van der Waals surface area contributed by atoms with Crippen LogP contribution in [0.3, 0.4) is 0 Å². The maximum Gasteiger partial charge on any atom is 0.309 e. The highest BCUT2D eigenvalue weighted by molar-refractivity contribution is 5.73. The van der Waals surface area contributed by atoms with Gasteiger partial charge in [0.1, 0.15) is 17.6 Å². The van der Waals surface area contributed by atoms with Crippen LogP contribution in [0.1, 0.15) is 38.3 Å². The summed E-state index contributed by atoms with van der Waals surface area (Å²) >= 11 is 0. The van der Waals surface area contributed by atoms with Crippen LogP contribution in [0.4, 0.5) is 0 Å². The van der Waals surface area contributed by atoms with Gasteiger partial charge in [-0.05, 0) is 45.9 Å². The van der Waals surface area contributed by atoms with Crippen molar-refractivity contribution < 1.29 is 19.4 Å². The van der Waals surface area contributed by atoms with Crippen molar-refractivity contribution in [3.05, 3.63) is 23.3 Å². The largest absolute Gasteiger partial charge is 0.497 e. The van der Waals surface area contributed by atoms with E-state index >= 15 is 0 Å². The predicted molar refractivity (Wildman–Crippen MR) is 84.5 cm³/mol. The molecule has 122 valence electrons. The van der Waals surface area contributed by atoms with E-state index in [4.69, 9.17) is 14.6 Å². The minimum atomic E-state index is -0.770. The second-order valence-electron chi connectivity index (χ2n) is 6.52. The molecule has 0 radical (unpaired) electrons. The summed E-state index contributed by atoms with van der Waals surface area (Å²) in [6.45, 7) is 6.82. The van der Waals surface area contributed by atoms with Crippen molar-refractivity contribution in [2.75, 3.05) is 13.7 Å². The number of hydrogen-bond donors (Lipinski definition) is 2. The Morgan fingerprint density at radius 3 is 2.86 bits per heavy atom. The van der Waals surface area contributed by atoms with E-state index < -0.39 is 11.4 Å². The van der Waals surface area contributed by atoms with Gasteiger partial charge in [0, 0.05) is 24.1 Å². The zero-order valence-electron chi connectivity index (χ0n) is 13.7. The lowest BCUT2D eigenvalue weighted by Crippen LogP contribution is -2.28. The fourth-order valence-corrected chi connectivity index (χ4v) is 2.56. The third kappa shape index (κ3) is 3.71. The molecule has 5 nitrogen and oxygen atoms in total. The summed E-state index contributed by atoms with van der Waals surface area (Å²) < 4.78 is 11.2. The van der Waals surface area contributed by atoms with Gasteiger partial charge in [-0.15, -0.1) is 0 Å². The van der Waals surface area contributed by atoms with Crippen LogP contribution < -0.4 is 14.8 Å². The monoisotopic (exact) mass is 307 g/mol. The highest BCUT2D eigenvalue weighted by Gasteiger charge is 2.26. The van der Waals surface area contributed by atoms with Gasteiger partial charge in [0.05, 0.1) is 12.5 Å². The highest BCUT2D eigenvalue weighted by atomic mass is 16.5. The van der Waals surface area contributed by atoms with E-state index in [1.807, 2.05) is 12.1 Å². The van der Waals surface area contributed by atoms with Crippen molar-refractivity contribution in [3.63, 3.8) is 0 Å². The molecule has 1 aliphatic heterocycles. The van der Waals surface area contributed by atoms with Gasteiger partial charge in [-0.3, -0.25) is 4.79 Å². The van der Waals surface area contributed by atoms with Crippen LogP contribution in [0.2, 0.25) is 0 Å². The molecule has 0 fully saturated rings. The maximum absolute atomic E-state index is 11.1. The number of hydrogen-bond acceptors (Lipinski definition) is 4. The predicted octanol–water partition coefficient (Wildman–Crippen LogP) is 2.61. The Hall–Kier alpha value is -1.75. The lowest BCUT2D eigenvalue weighted by Gasteiger charge is -2.19. The quantitative estimate of drug-likeness (QED) is 0.758. The molecule has 5 heteroatoms. The molecule has 22 heavy (non-hydrogen) atoms. The average molecular weight is 307 g/mol. The molecule has 2 N–H and O–H groups in total. The number of rotatable bonds is 7. The number of methoxy groups -OCH3 is 1. The fraction of sp³-hybridized carbons (Fsp3) is 0.588. The molecular formula is C17H25NO4. The van der Waals surface area contributed by atoms with E-state index in [0.29, 0.717) is 19.5 Å². The first-order chi connectivity index (χ1) is 10.3. The Balaban J connectivity index is 1.99. The third-order valence-electron chi connectivity index (χ3n) is 4.10. The number of carboxylic acids is 1. The van der Waals surface area contributed by atoms with Crippen molar-refractivity contribution in [1.29, 1.82) is 0 Å². The number of ether oxygens (including phenoxy) is 2. The van der Waals surface area contributed by atoms with Gasteiger partial charge in [0.2, 0.25) is 0 Å². The standard InChI is InChI=1S/C17H25NO4/c1-11-7-12-8-14(21-4)9-13(15(12)22-11)10-18-6-5-17(2,3)16(19)20/h8-9,11,18H,5-7,10H2,1-4H3,(H,19,20). The summed E-state index contributed by atoms with van der Waals surface area (Å²) in [6.07, 6.45) is 1.66. The Morgan fingerprint density at radius 2 is 2.23 bits per heavy atom. The normalized spacial score (nSPS) is 17.0. The summed E-state index contributed by atoms with van der Waals surface area (Å²) in [7, 11) is 1.66. The Kier molecular flexibility index (Phi) is 4.96. The minimum Gasteiger partial charge on any atom is -0.497 e. The molecule has 2 rings (SSSR count). The number of aliphatic carboxylic acids is 1. The van der Waals surface area contributed by atoms with Gasteiger partial charge in [-0.1, -0.05) is 0 Å². The first-order valence-corrected chi connectivity index (χ1v) is 7.64. The fourth-order valence-electron chi connectivity index (χ4n) is 2.56. The topological polar surface area (TPSA) is 67.8 Å². The zero-order valence-corrected chi connectivity index (χ0v) is 13.7. The Labute approximate surface area is 131 Å². The number of carbonyl (C=O) groups is 1. The van der Waals surface area contributed by atoms with Crippen molar-refractivity contribution in [2.24, 2.45) is 5.41 Å². The van der Waals surface area contributed by atoms with Crippen LogP contribution >= 0.6 is 0 Å². The molecule has 1 aromatic carbocycles. The van der Waals surface area contributed by atoms with Gasteiger partial charge in [0.25, 0.3) is 0 Å². The van der Waals surface area contributed by atoms with E-state index in [1.165, 1.54) is 5.56 Å². The van der Waals surface area contributed by atoms with Crippen molar-refractivity contribution >= 4 is 5.97 Å². The summed E-state index contributed by atoms with van der Waals surface area (Å²) in [5.74, 6) is 1.01. The third-order valence-corrected chi connectivity index (χ3v) is 4.10. The molecule has 0 saturated heterocycles. The second kappa shape index (κ2) is 6.57. The summed E-state index contributed by atoms with van der Waals surface area (Å²) in [4.78, 5) is 11.1. The summed E-state index contributed by atoms with van der Waals surface area (Å²) in [5, 5.41) is 12.4. The molecule has 0 bridgehead atoms. The molecule has 0 spiro atoms. The van der Waals surface area contributed by atoms with Gasteiger partial charge >= 0.3 is 5.97 Å². The van der Waals surface area contributed by atoms with E-state index in [-0.39, 0.29) is 6.10 Å². The SMILES string of the molecule is COc1cc(CNCCC(C)(C)C(=O)O)c2c(c1)CC(C)O2. The van der Waals surface area contributed by atoms with Crippen molar-refractivity contribution in [1.82, 2.24) is 5.32 Å². The van der Waals surface area contributed by atoms with Crippen LogP contribution in [0.25, 0.3) is 0 Å². The molecule has 1 aliphatic rings. The molecule has 1 aromatic rings. The Bertz CT molecular complexity index is 554. The molecule has 0 saturated carbocycles. The van der Waals surface area contributed by atoms with Gasteiger partial charge in [-0.25, -0.2) is 0 Å². The van der Waals surface area contributed by atoms with Gasteiger partial charge in [0.15, 0.2) is 0 Å².